The van der Waals surface area contributed by atoms with Crippen LogP contribution in [0.2, 0.25) is 0 Å². The highest BCUT2D eigenvalue weighted by atomic mass is 16.7. The molecule has 0 saturated carbocycles. The molecule has 0 amide bonds. The molecule has 1 aliphatic heterocycles. The number of hydrogen-bond donors (Lipinski definition) is 1. The Hall–Kier alpha value is -0.740. The third-order valence-corrected chi connectivity index (χ3v) is 2.41. The molecule has 94 valence electrons. The molecule has 1 unspecified atom stereocenters. The lowest BCUT2D eigenvalue weighted by atomic mass is 10.1. The van der Waals surface area contributed by atoms with Gasteiger partial charge in [0.05, 0.1) is 13.2 Å². The molecule has 1 N–H and O–H groups in total. The van der Waals surface area contributed by atoms with Crippen molar-refractivity contribution in [2.24, 2.45) is 0 Å². The summed E-state index contributed by atoms with van der Waals surface area (Å²) in [6.45, 7) is 2.95. The first-order valence-corrected chi connectivity index (χ1v) is 6.06. The van der Waals surface area contributed by atoms with E-state index in [-0.39, 0.29) is 12.9 Å². The Balaban J connectivity index is 2.00. The lowest BCUT2D eigenvalue weighted by Gasteiger charge is -2.11. The van der Waals surface area contributed by atoms with Gasteiger partial charge in [0, 0.05) is 6.42 Å². The van der Waals surface area contributed by atoms with Gasteiger partial charge in [-0.2, -0.15) is 0 Å². The van der Waals surface area contributed by atoms with E-state index in [0.29, 0.717) is 19.0 Å². The van der Waals surface area contributed by atoms with Gasteiger partial charge in [0.15, 0.2) is 5.76 Å². The van der Waals surface area contributed by atoms with Gasteiger partial charge < -0.3 is 19.3 Å². The quantitative estimate of drug-likeness (QED) is 0.617. The van der Waals surface area contributed by atoms with E-state index in [1.54, 1.807) is 6.26 Å². The Bertz CT molecular complexity index is 203. The van der Waals surface area contributed by atoms with Gasteiger partial charge >= 0.3 is 0 Å². The molecule has 1 rings (SSSR count). The SMILES string of the molecule is CCCCCCC1OC=C(COCCO)O1. The molecule has 0 radical (unpaired) electrons. The highest BCUT2D eigenvalue weighted by Gasteiger charge is 2.18. The first-order chi connectivity index (χ1) is 7.86. The first kappa shape index (κ1) is 13.3. The van der Waals surface area contributed by atoms with Crippen molar-refractivity contribution < 1.29 is 19.3 Å². The molecule has 0 aromatic heterocycles. The maximum atomic E-state index is 8.54. The first-order valence-electron chi connectivity index (χ1n) is 6.06. The molecule has 16 heavy (non-hydrogen) atoms. The van der Waals surface area contributed by atoms with Crippen molar-refractivity contribution in [3.8, 4) is 0 Å². The minimum absolute atomic E-state index is 0.0363. The summed E-state index contributed by atoms with van der Waals surface area (Å²) in [5.74, 6) is 0.717. The zero-order chi connectivity index (χ0) is 11.6. The van der Waals surface area contributed by atoms with E-state index in [0.717, 1.165) is 12.8 Å². The van der Waals surface area contributed by atoms with E-state index in [1.165, 1.54) is 19.3 Å². The fourth-order valence-corrected chi connectivity index (χ4v) is 1.55. The van der Waals surface area contributed by atoms with Crippen LogP contribution in [-0.4, -0.2) is 31.2 Å². The molecular weight excluding hydrogens is 208 g/mol. The average molecular weight is 230 g/mol. The number of rotatable bonds is 9. The third-order valence-electron chi connectivity index (χ3n) is 2.41. The summed E-state index contributed by atoms with van der Waals surface area (Å²) in [7, 11) is 0. The molecule has 0 aliphatic carbocycles. The number of aliphatic hydroxyl groups is 1. The standard InChI is InChI=1S/C12H22O4/c1-2-3-4-5-6-12-15-10-11(16-12)9-14-8-7-13/h10,12-13H,2-9H2,1H3. The van der Waals surface area contributed by atoms with Gasteiger partial charge in [-0.1, -0.05) is 26.2 Å². The second-order valence-electron chi connectivity index (χ2n) is 3.89. The molecule has 0 bridgehead atoms. The van der Waals surface area contributed by atoms with Crippen molar-refractivity contribution in [1.82, 2.24) is 0 Å². The molecule has 0 aromatic carbocycles. The van der Waals surface area contributed by atoms with Crippen molar-refractivity contribution in [3.63, 3.8) is 0 Å². The van der Waals surface area contributed by atoms with E-state index in [1.807, 2.05) is 0 Å². The molecule has 1 aliphatic rings. The van der Waals surface area contributed by atoms with Crippen LogP contribution in [0.3, 0.4) is 0 Å². The van der Waals surface area contributed by atoms with Crippen molar-refractivity contribution in [3.05, 3.63) is 12.0 Å². The van der Waals surface area contributed by atoms with Crippen LogP contribution in [0.25, 0.3) is 0 Å². The zero-order valence-corrected chi connectivity index (χ0v) is 9.98. The molecule has 0 fully saturated rings. The van der Waals surface area contributed by atoms with Crippen LogP contribution < -0.4 is 0 Å². The minimum atomic E-state index is -0.135. The fraction of sp³-hybridized carbons (Fsp3) is 0.833. The predicted octanol–water partition coefficient (Wildman–Crippen LogP) is 2.18. The Morgan fingerprint density at radius 2 is 2.25 bits per heavy atom. The monoisotopic (exact) mass is 230 g/mol. The van der Waals surface area contributed by atoms with E-state index in [2.05, 4.69) is 6.92 Å². The molecule has 0 aromatic rings. The van der Waals surface area contributed by atoms with Crippen LogP contribution >= 0.6 is 0 Å². The number of aliphatic hydroxyl groups excluding tert-OH is 1. The average Bonchev–Trinajstić information content (AvgIpc) is 2.73. The van der Waals surface area contributed by atoms with Crippen molar-refractivity contribution >= 4 is 0 Å². The Kier molecular flexibility index (Phi) is 7.01. The van der Waals surface area contributed by atoms with Crippen molar-refractivity contribution in [2.45, 2.75) is 45.3 Å². The number of unbranched alkanes of at least 4 members (excludes halogenated alkanes) is 3. The van der Waals surface area contributed by atoms with Gasteiger partial charge in [-0.05, 0) is 6.42 Å². The molecule has 1 heterocycles. The summed E-state index contributed by atoms with van der Waals surface area (Å²) >= 11 is 0. The second kappa shape index (κ2) is 8.42. The third kappa shape index (κ3) is 5.37. The lowest BCUT2D eigenvalue weighted by molar-refractivity contribution is -0.0478. The van der Waals surface area contributed by atoms with Crippen LogP contribution in [0.15, 0.2) is 12.0 Å². The van der Waals surface area contributed by atoms with Gasteiger partial charge in [-0.15, -0.1) is 0 Å². The maximum absolute atomic E-state index is 8.54. The van der Waals surface area contributed by atoms with E-state index in [9.17, 15) is 0 Å². The van der Waals surface area contributed by atoms with Crippen molar-refractivity contribution in [1.29, 1.82) is 0 Å². The van der Waals surface area contributed by atoms with Crippen molar-refractivity contribution in [2.75, 3.05) is 19.8 Å². The van der Waals surface area contributed by atoms with E-state index in [4.69, 9.17) is 19.3 Å². The van der Waals surface area contributed by atoms with Crippen LogP contribution in [0.4, 0.5) is 0 Å². The molecule has 1 atom stereocenters. The van der Waals surface area contributed by atoms with Gasteiger partial charge in [-0.3, -0.25) is 0 Å². The molecule has 4 heteroatoms. The molecule has 0 spiro atoms. The summed E-state index contributed by atoms with van der Waals surface area (Å²) in [5, 5.41) is 8.54. The lowest BCUT2D eigenvalue weighted by Crippen LogP contribution is -2.10. The number of ether oxygens (including phenoxy) is 3. The zero-order valence-electron chi connectivity index (χ0n) is 9.98. The number of hydrogen-bond acceptors (Lipinski definition) is 4. The summed E-state index contributed by atoms with van der Waals surface area (Å²) in [4.78, 5) is 0. The summed E-state index contributed by atoms with van der Waals surface area (Å²) in [6.07, 6.45) is 7.29. The van der Waals surface area contributed by atoms with Gasteiger partial charge in [0.2, 0.25) is 6.29 Å². The maximum Gasteiger partial charge on any atom is 0.240 e. The van der Waals surface area contributed by atoms with E-state index >= 15 is 0 Å². The second-order valence-corrected chi connectivity index (χ2v) is 3.89. The Morgan fingerprint density at radius 3 is 3.00 bits per heavy atom. The van der Waals surface area contributed by atoms with E-state index < -0.39 is 0 Å². The Morgan fingerprint density at radius 1 is 1.38 bits per heavy atom. The highest BCUT2D eigenvalue weighted by molar-refractivity contribution is 4.92. The van der Waals surface area contributed by atoms with Gasteiger partial charge in [-0.25, -0.2) is 0 Å². The van der Waals surface area contributed by atoms with Gasteiger partial charge in [0.25, 0.3) is 0 Å². The van der Waals surface area contributed by atoms with Crippen LogP contribution in [0.5, 0.6) is 0 Å². The largest absolute Gasteiger partial charge is 0.459 e. The molecule has 0 saturated heterocycles. The molecule has 4 nitrogen and oxygen atoms in total. The minimum Gasteiger partial charge on any atom is -0.459 e. The van der Waals surface area contributed by atoms with Crippen LogP contribution in [-0.2, 0) is 14.2 Å². The Labute approximate surface area is 97.2 Å². The normalized spacial score (nSPS) is 19.1. The summed E-state index contributed by atoms with van der Waals surface area (Å²) in [5.41, 5.74) is 0. The topological polar surface area (TPSA) is 47.9 Å². The predicted molar refractivity (Wildman–Crippen MR) is 60.7 cm³/mol. The summed E-state index contributed by atoms with van der Waals surface area (Å²) < 4.78 is 16.0. The van der Waals surface area contributed by atoms with Crippen LogP contribution in [0.1, 0.15) is 39.0 Å². The van der Waals surface area contributed by atoms with Crippen LogP contribution in [0, 0.1) is 0 Å². The van der Waals surface area contributed by atoms with Gasteiger partial charge in [0.1, 0.15) is 12.9 Å². The fourth-order valence-electron chi connectivity index (χ4n) is 1.55. The summed E-state index contributed by atoms with van der Waals surface area (Å²) in [6, 6.07) is 0. The smallest absolute Gasteiger partial charge is 0.240 e. The molecular formula is C12H22O4. The highest BCUT2D eigenvalue weighted by Crippen LogP contribution is 2.19.